The van der Waals surface area contributed by atoms with Crippen molar-refractivity contribution < 1.29 is 4.79 Å². The first-order chi connectivity index (χ1) is 12.6. The van der Waals surface area contributed by atoms with Crippen molar-refractivity contribution in [1.29, 1.82) is 0 Å². The van der Waals surface area contributed by atoms with Gasteiger partial charge in [0, 0.05) is 17.1 Å². The summed E-state index contributed by atoms with van der Waals surface area (Å²) < 4.78 is 3.37. The van der Waals surface area contributed by atoms with E-state index in [-0.39, 0.29) is 0 Å². The lowest BCUT2D eigenvalue weighted by Crippen LogP contribution is -2.19. The fourth-order valence-electron chi connectivity index (χ4n) is 2.32. The highest BCUT2D eigenvalue weighted by molar-refractivity contribution is 8.00. The molecule has 0 radical (unpaired) electrons. The predicted octanol–water partition coefficient (Wildman–Crippen LogP) is 4.36. The minimum atomic E-state index is 0.732. The van der Waals surface area contributed by atoms with Crippen LogP contribution in [0.1, 0.15) is 24.5 Å². The summed E-state index contributed by atoms with van der Waals surface area (Å²) in [7, 11) is 4.03. The van der Waals surface area contributed by atoms with E-state index in [0.29, 0.717) is 0 Å². The van der Waals surface area contributed by atoms with Crippen LogP contribution in [-0.4, -0.2) is 38.5 Å². The number of nitrogens with zero attached hydrogens (tertiary/aromatic N) is 1. The third-order valence-corrected chi connectivity index (χ3v) is 4.61. The maximum absolute atomic E-state index is 9.72. The topological polar surface area (TPSA) is 44.4 Å². The number of rotatable bonds is 9. The molecule has 0 aliphatic carbocycles. The van der Waals surface area contributed by atoms with Crippen molar-refractivity contribution in [3.05, 3.63) is 59.7 Å². The summed E-state index contributed by atoms with van der Waals surface area (Å²) in [6.45, 7) is 6.16. The van der Waals surface area contributed by atoms with Crippen molar-refractivity contribution in [3.8, 4) is 0 Å². The highest BCUT2D eigenvalue weighted by Crippen LogP contribution is 2.22. The van der Waals surface area contributed by atoms with Gasteiger partial charge in [-0.05, 0) is 87.7 Å². The van der Waals surface area contributed by atoms with Crippen LogP contribution >= 0.6 is 11.9 Å². The summed E-state index contributed by atoms with van der Waals surface area (Å²) in [5.74, 6) is 0. The van der Waals surface area contributed by atoms with Crippen LogP contribution in [0, 0.1) is 6.92 Å². The second-order valence-electron chi connectivity index (χ2n) is 6.24. The molecule has 0 unspecified atom stereocenters. The van der Waals surface area contributed by atoms with E-state index in [0.717, 1.165) is 38.0 Å². The molecule has 0 saturated heterocycles. The van der Waals surface area contributed by atoms with Crippen molar-refractivity contribution >= 4 is 24.0 Å². The minimum absolute atomic E-state index is 0.732. The molecule has 2 N–H and O–H groups in total. The van der Waals surface area contributed by atoms with Crippen LogP contribution in [0.5, 0.6) is 0 Å². The highest BCUT2D eigenvalue weighted by atomic mass is 32.2. The maximum Gasteiger partial charge on any atom is 0.207 e. The lowest BCUT2D eigenvalue weighted by Gasteiger charge is -2.08. The Morgan fingerprint density at radius 2 is 1.85 bits per heavy atom. The number of anilines is 1. The van der Waals surface area contributed by atoms with Gasteiger partial charge in [0.05, 0.1) is 0 Å². The van der Waals surface area contributed by atoms with Crippen molar-refractivity contribution in [2.75, 3.05) is 31.9 Å². The molecule has 0 atom stereocenters. The minimum Gasteiger partial charge on any atom is -0.359 e. The second-order valence-corrected chi connectivity index (χ2v) is 7.12. The Morgan fingerprint density at radius 3 is 2.42 bits per heavy atom. The number of aryl methyl sites for hydroxylation is 2. The number of amides is 1. The molecule has 2 aromatic carbocycles. The van der Waals surface area contributed by atoms with E-state index in [1.807, 2.05) is 20.2 Å². The Morgan fingerprint density at radius 1 is 1.12 bits per heavy atom. The van der Waals surface area contributed by atoms with Gasteiger partial charge in [-0.3, -0.25) is 4.79 Å². The van der Waals surface area contributed by atoms with Gasteiger partial charge < -0.3 is 14.9 Å². The first-order valence-electron chi connectivity index (χ1n) is 8.96. The zero-order chi connectivity index (χ0) is 19.2. The van der Waals surface area contributed by atoms with Crippen molar-refractivity contribution in [2.24, 2.45) is 0 Å². The zero-order valence-corrected chi connectivity index (χ0v) is 17.1. The predicted molar refractivity (Wildman–Crippen MR) is 114 cm³/mol. The summed E-state index contributed by atoms with van der Waals surface area (Å²) in [6, 6.07) is 16.9. The first-order valence-corrected chi connectivity index (χ1v) is 9.77. The van der Waals surface area contributed by atoms with Gasteiger partial charge in [-0.25, -0.2) is 0 Å². The molecule has 0 heterocycles. The fraction of sp³-hybridized carbons (Fsp3) is 0.381. The third kappa shape index (κ3) is 9.49. The van der Waals surface area contributed by atoms with E-state index in [1.165, 1.54) is 16.0 Å². The summed E-state index contributed by atoms with van der Waals surface area (Å²) in [4.78, 5) is 13.0. The summed E-state index contributed by atoms with van der Waals surface area (Å²) in [5.41, 5.74) is 3.93. The average Bonchev–Trinajstić information content (AvgIpc) is 2.65. The SMILES string of the molecule is CCc1ccc(NSc2ccccc2)cc1C.CN(C)CCCNC=O. The van der Waals surface area contributed by atoms with Gasteiger partial charge in [0.1, 0.15) is 0 Å². The van der Waals surface area contributed by atoms with Gasteiger partial charge in [-0.1, -0.05) is 31.2 Å². The van der Waals surface area contributed by atoms with E-state index >= 15 is 0 Å². The van der Waals surface area contributed by atoms with E-state index in [2.05, 4.69) is 71.3 Å². The fourth-order valence-corrected chi connectivity index (χ4v) is 2.97. The Bertz CT molecular complexity index is 632. The monoisotopic (exact) mass is 373 g/mol. The smallest absolute Gasteiger partial charge is 0.207 e. The van der Waals surface area contributed by atoms with Gasteiger partial charge in [-0.2, -0.15) is 0 Å². The summed E-state index contributed by atoms with van der Waals surface area (Å²) in [5, 5.41) is 2.60. The van der Waals surface area contributed by atoms with Gasteiger partial charge >= 0.3 is 0 Å². The third-order valence-electron chi connectivity index (χ3n) is 3.76. The summed E-state index contributed by atoms with van der Waals surface area (Å²) >= 11 is 1.65. The summed E-state index contributed by atoms with van der Waals surface area (Å²) in [6.07, 6.45) is 2.85. The van der Waals surface area contributed by atoms with Crippen LogP contribution in [-0.2, 0) is 11.2 Å². The number of hydrogen-bond donors (Lipinski definition) is 2. The standard InChI is InChI=1S/C15H17NS.C6H14N2O/c1-3-13-9-10-14(11-12(13)2)16-17-15-7-5-4-6-8-15;1-8(2)5-3-4-7-6-9/h4-11,16H,3H2,1-2H3;6H,3-5H2,1-2H3,(H,7,9). The van der Waals surface area contributed by atoms with E-state index < -0.39 is 0 Å². The molecular weight excluding hydrogens is 342 g/mol. The first kappa shape index (κ1) is 22.1. The Kier molecular flexibility index (Phi) is 11.2. The molecule has 0 aromatic heterocycles. The quantitative estimate of drug-likeness (QED) is 0.389. The molecule has 0 bridgehead atoms. The van der Waals surface area contributed by atoms with Crippen LogP contribution in [0.2, 0.25) is 0 Å². The van der Waals surface area contributed by atoms with E-state index in [4.69, 9.17) is 0 Å². The zero-order valence-electron chi connectivity index (χ0n) is 16.3. The molecule has 1 amide bonds. The molecule has 4 nitrogen and oxygen atoms in total. The van der Waals surface area contributed by atoms with Crippen LogP contribution in [0.4, 0.5) is 5.69 Å². The molecule has 5 heteroatoms. The lowest BCUT2D eigenvalue weighted by atomic mass is 10.1. The van der Waals surface area contributed by atoms with Crippen LogP contribution < -0.4 is 10.0 Å². The van der Waals surface area contributed by atoms with Crippen LogP contribution in [0.3, 0.4) is 0 Å². The number of benzene rings is 2. The normalized spacial score (nSPS) is 10.0. The molecule has 2 rings (SSSR count). The molecule has 0 aliphatic heterocycles. The lowest BCUT2D eigenvalue weighted by molar-refractivity contribution is -0.109. The van der Waals surface area contributed by atoms with E-state index in [9.17, 15) is 4.79 Å². The van der Waals surface area contributed by atoms with Gasteiger partial charge in [-0.15, -0.1) is 0 Å². The van der Waals surface area contributed by atoms with Crippen molar-refractivity contribution in [3.63, 3.8) is 0 Å². The Labute approximate surface area is 162 Å². The molecule has 0 spiro atoms. The maximum atomic E-state index is 9.72. The number of carbonyl (C=O) groups excluding carboxylic acids is 1. The highest BCUT2D eigenvalue weighted by Gasteiger charge is 1.98. The molecule has 0 fully saturated rings. The van der Waals surface area contributed by atoms with Gasteiger partial charge in [0.2, 0.25) is 6.41 Å². The van der Waals surface area contributed by atoms with Gasteiger partial charge in [0.15, 0.2) is 0 Å². The van der Waals surface area contributed by atoms with E-state index in [1.54, 1.807) is 11.9 Å². The number of nitrogens with one attached hydrogen (secondary N) is 2. The number of carbonyl (C=O) groups is 1. The van der Waals surface area contributed by atoms with Crippen molar-refractivity contribution in [1.82, 2.24) is 10.2 Å². The van der Waals surface area contributed by atoms with Crippen molar-refractivity contribution in [2.45, 2.75) is 31.6 Å². The Hall–Kier alpha value is -1.98. The second kappa shape index (κ2) is 13.3. The molecule has 142 valence electrons. The Balaban J connectivity index is 0.000000321. The molecule has 0 aliphatic rings. The average molecular weight is 374 g/mol. The molecule has 26 heavy (non-hydrogen) atoms. The van der Waals surface area contributed by atoms with Gasteiger partial charge in [0.25, 0.3) is 0 Å². The van der Waals surface area contributed by atoms with Crippen LogP contribution in [0.25, 0.3) is 0 Å². The largest absolute Gasteiger partial charge is 0.359 e. The number of hydrogen-bond acceptors (Lipinski definition) is 4. The van der Waals surface area contributed by atoms with Crippen LogP contribution in [0.15, 0.2) is 53.4 Å². The molecule has 2 aromatic rings. The molecule has 0 saturated carbocycles. The molecular formula is C21H31N3OS.